The van der Waals surface area contributed by atoms with Crippen LogP contribution in [0.2, 0.25) is 0 Å². The second-order valence-corrected chi connectivity index (χ2v) is 5.56. The zero-order chi connectivity index (χ0) is 13.9. The van der Waals surface area contributed by atoms with E-state index >= 15 is 0 Å². The number of carbonyl (C=O) groups excluding carboxylic acids is 1. The lowest BCUT2D eigenvalue weighted by Gasteiger charge is -2.15. The van der Waals surface area contributed by atoms with Crippen LogP contribution in [-0.2, 0) is 11.3 Å². The molecule has 3 rings (SSSR count). The van der Waals surface area contributed by atoms with E-state index in [0.717, 1.165) is 24.8 Å². The quantitative estimate of drug-likeness (QED) is 0.916. The van der Waals surface area contributed by atoms with Gasteiger partial charge in [-0.1, -0.05) is 48.9 Å². The Morgan fingerprint density at radius 2 is 1.90 bits per heavy atom. The maximum absolute atomic E-state index is 12.2. The van der Waals surface area contributed by atoms with Crippen LogP contribution in [-0.4, -0.2) is 11.9 Å². The normalized spacial score (nSPS) is 21.0. The minimum Gasteiger partial charge on any atom is -0.352 e. The molecule has 1 fully saturated rings. The van der Waals surface area contributed by atoms with E-state index in [-0.39, 0.29) is 30.3 Å². The average molecular weight is 305 g/mol. The Hall–Kier alpha value is -1.58. The van der Waals surface area contributed by atoms with Crippen molar-refractivity contribution < 1.29 is 4.79 Å². The molecule has 1 aliphatic carbocycles. The van der Waals surface area contributed by atoms with Crippen LogP contribution in [0.1, 0.15) is 24.8 Å². The minimum absolute atomic E-state index is 0. The third kappa shape index (κ3) is 3.36. The topological polar surface area (TPSA) is 55.1 Å². The van der Waals surface area contributed by atoms with Gasteiger partial charge in [-0.15, -0.1) is 12.4 Å². The summed E-state index contributed by atoms with van der Waals surface area (Å²) in [6, 6.07) is 14.5. The van der Waals surface area contributed by atoms with Crippen molar-refractivity contribution in [1.29, 1.82) is 0 Å². The zero-order valence-electron chi connectivity index (χ0n) is 11.9. The molecule has 0 saturated heterocycles. The Kier molecular flexibility index (Phi) is 5.21. The number of amides is 1. The molecule has 3 N–H and O–H groups in total. The molecule has 2 aromatic rings. The first-order chi connectivity index (χ1) is 9.75. The van der Waals surface area contributed by atoms with Crippen LogP contribution >= 0.6 is 12.4 Å². The molecule has 2 atom stereocenters. The summed E-state index contributed by atoms with van der Waals surface area (Å²) in [5.41, 5.74) is 7.13. The van der Waals surface area contributed by atoms with E-state index < -0.39 is 0 Å². The van der Waals surface area contributed by atoms with Crippen LogP contribution in [0.3, 0.4) is 0 Å². The van der Waals surface area contributed by atoms with Crippen LogP contribution in [0.5, 0.6) is 0 Å². The molecule has 0 bridgehead atoms. The first-order valence-electron chi connectivity index (χ1n) is 7.25. The van der Waals surface area contributed by atoms with E-state index in [4.69, 9.17) is 5.73 Å². The van der Waals surface area contributed by atoms with Crippen molar-refractivity contribution in [3.8, 4) is 0 Å². The van der Waals surface area contributed by atoms with E-state index in [0.29, 0.717) is 6.54 Å². The van der Waals surface area contributed by atoms with Gasteiger partial charge < -0.3 is 11.1 Å². The minimum atomic E-state index is -0.00928. The highest BCUT2D eigenvalue weighted by atomic mass is 35.5. The number of hydrogen-bond donors (Lipinski definition) is 2. The molecular weight excluding hydrogens is 284 g/mol. The van der Waals surface area contributed by atoms with Crippen molar-refractivity contribution in [3.05, 3.63) is 48.0 Å². The molecule has 0 spiro atoms. The van der Waals surface area contributed by atoms with Gasteiger partial charge in [0.05, 0.1) is 5.92 Å². The molecule has 1 amide bonds. The van der Waals surface area contributed by atoms with Crippen molar-refractivity contribution in [3.63, 3.8) is 0 Å². The molecule has 4 heteroatoms. The van der Waals surface area contributed by atoms with E-state index in [1.807, 2.05) is 18.2 Å². The molecular formula is C17H21ClN2O. The second-order valence-electron chi connectivity index (χ2n) is 5.56. The summed E-state index contributed by atoms with van der Waals surface area (Å²) in [5, 5.41) is 5.45. The molecule has 21 heavy (non-hydrogen) atoms. The highest BCUT2D eigenvalue weighted by Gasteiger charge is 2.29. The highest BCUT2D eigenvalue weighted by Crippen LogP contribution is 2.24. The van der Waals surface area contributed by atoms with Gasteiger partial charge in [0.15, 0.2) is 0 Å². The van der Waals surface area contributed by atoms with E-state index in [1.165, 1.54) is 10.8 Å². The zero-order valence-corrected chi connectivity index (χ0v) is 12.7. The van der Waals surface area contributed by atoms with Gasteiger partial charge in [-0.05, 0) is 29.2 Å². The largest absolute Gasteiger partial charge is 0.352 e. The second kappa shape index (κ2) is 6.92. The lowest BCUT2D eigenvalue weighted by Crippen LogP contribution is -2.38. The number of fused-ring (bicyclic) bond motifs is 1. The number of hydrogen-bond acceptors (Lipinski definition) is 2. The van der Waals surface area contributed by atoms with Gasteiger partial charge in [-0.2, -0.15) is 0 Å². The highest BCUT2D eigenvalue weighted by molar-refractivity contribution is 5.86. The lowest BCUT2D eigenvalue weighted by atomic mass is 10.0. The molecule has 112 valence electrons. The number of carbonyl (C=O) groups is 1. The fourth-order valence-electron chi connectivity index (χ4n) is 3.07. The van der Waals surface area contributed by atoms with Gasteiger partial charge in [-0.25, -0.2) is 0 Å². The molecule has 0 aliphatic heterocycles. The molecule has 1 saturated carbocycles. The fraction of sp³-hybridized carbons (Fsp3) is 0.353. The van der Waals surface area contributed by atoms with Gasteiger partial charge in [-0.3, -0.25) is 4.79 Å². The van der Waals surface area contributed by atoms with Crippen molar-refractivity contribution in [2.75, 3.05) is 0 Å². The average Bonchev–Trinajstić information content (AvgIpc) is 2.91. The Labute approximate surface area is 131 Å². The van der Waals surface area contributed by atoms with Crippen LogP contribution in [0.25, 0.3) is 10.8 Å². The maximum atomic E-state index is 12.2. The summed E-state index contributed by atoms with van der Waals surface area (Å²) in [6.45, 7) is 0.573. The van der Waals surface area contributed by atoms with Crippen LogP contribution < -0.4 is 11.1 Å². The maximum Gasteiger partial charge on any atom is 0.224 e. The Morgan fingerprint density at radius 3 is 2.67 bits per heavy atom. The summed E-state index contributed by atoms with van der Waals surface area (Å²) >= 11 is 0. The molecule has 0 heterocycles. The van der Waals surface area contributed by atoms with Gasteiger partial charge in [0.2, 0.25) is 5.91 Å². The van der Waals surface area contributed by atoms with Crippen molar-refractivity contribution >= 4 is 29.1 Å². The van der Waals surface area contributed by atoms with Gasteiger partial charge in [0, 0.05) is 12.6 Å². The van der Waals surface area contributed by atoms with Crippen molar-refractivity contribution in [2.45, 2.75) is 31.8 Å². The number of rotatable bonds is 3. The number of nitrogens with two attached hydrogens (primary N) is 1. The predicted molar refractivity (Wildman–Crippen MR) is 88.4 cm³/mol. The number of halogens is 1. The Bertz CT molecular complexity index is 624. The molecule has 1 aliphatic rings. The SMILES string of the molecule is Cl.NC1CCCC1C(=O)NCc1cccc2ccccc12. The number of nitrogens with one attached hydrogen (secondary N) is 1. The van der Waals surface area contributed by atoms with E-state index in [9.17, 15) is 4.79 Å². The first kappa shape index (κ1) is 15.8. The third-order valence-electron chi connectivity index (χ3n) is 4.24. The van der Waals surface area contributed by atoms with Gasteiger partial charge >= 0.3 is 0 Å². The third-order valence-corrected chi connectivity index (χ3v) is 4.24. The summed E-state index contributed by atoms with van der Waals surface area (Å²) < 4.78 is 0. The van der Waals surface area contributed by atoms with Crippen LogP contribution in [0.4, 0.5) is 0 Å². The fourth-order valence-corrected chi connectivity index (χ4v) is 3.07. The van der Waals surface area contributed by atoms with Gasteiger partial charge in [0.1, 0.15) is 0 Å². The molecule has 2 aromatic carbocycles. The summed E-state index contributed by atoms with van der Waals surface area (Å²) in [4.78, 5) is 12.2. The van der Waals surface area contributed by atoms with Crippen molar-refractivity contribution in [1.82, 2.24) is 5.32 Å². The summed E-state index contributed by atoms with van der Waals surface area (Å²) in [7, 11) is 0. The van der Waals surface area contributed by atoms with Crippen molar-refractivity contribution in [2.24, 2.45) is 11.7 Å². The van der Waals surface area contributed by atoms with Crippen LogP contribution in [0, 0.1) is 5.92 Å². The molecule has 0 aromatic heterocycles. The van der Waals surface area contributed by atoms with E-state index in [2.05, 4.69) is 29.6 Å². The molecule has 3 nitrogen and oxygen atoms in total. The van der Waals surface area contributed by atoms with E-state index in [1.54, 1.807) is 0 Å². The number of benzene rings is 2. The molecule has 0 radical (unpaired) electrons. The predicted octanol–water partition coefficient (Wildman–Crippen LogP) is 3.01. The first-order valence-corrected chi connectivity index (χ1v) is 7.25. The lowest BCUT2D eigenvalue weighted by molar-refractivity contribution is -0.125. The Balaban J connectivity index is 0.00000161. The van der Waals surface area contributed by atoms with Gasteiger partial charge in [0.25, 0.3) is 0 Å². The standard InChI is InChI=1S/C17H20N2O.ClH/c18-16-10-4-9-15(16)17(20)19-11-13-7-3-6-12-5-1-2-8-14(12)13;/h1-3,5-8,15-16H,4,9-11,18H2,(H,19,20);1H. The van der Waals surface area contributed by atoms with Crippen LogP contribution in [0.15, 0.2) is 42.5 Å². The smallest absolute Gasteiger partial charge is 0.224 e. The summed E-state index contributed by atoms with van der Waals surface area (Å²) in [5.74, 6) is 0.0907. The molecule has 2 unspecified atom stereocenters. The Morgan fingerprint density at radius 1 is 1.14 bits per heavy atom. The summed E-state index contributed by atoms with van der Waals surface area (Å²) in [6.07, 6.45) is 2.95. The monoisotopic (exact) mass is 304 g/mol.